The molecule has 35 heavy (non-hydrogen) atoms. The molecular weight excluding hydrogens is 504 g/mol. The van der Waals surface area contributed by atoms with Gasteiger partial charge >= 0.3 is 5.97 Å². The standard InChI is InChI=1S/C26H31ClN2O4S2/c1-33-19-3-4-23-21(13-19)26(22(27)14-28-23)24(30)5-2-17-6-8-29(15-18(17)12-25(31)32)9-11-35-20-7-10-34-16-20/h3-4,7,10,13-14,16-18,24,30H,2,5-6,8-9,11-12,15H2,1H3,(H,31,32). The summed E-state index contributed by atoms with van der Waals surface area (Å²) in [6.07, 6.45) is 3.18. The molecule has 0 amide bonds. The van der Waals surface area contributed by atoms with Gasteiger partial charge in [0.2, 0.25) is 0 Å². The van der Waals surface area contributed by atoms with Gasteiger partial charge in [0.25, 0.3) is 0 Å². The van der Waals surface area contributed by atoms with Crippen LogP contribution in [-0.2, 0) is 4.79 Å². The van der Waals surface area contributed by atoms with Crippen molar-refractivity contribution in [2.75, 3.05) is 32.5 Å². The van der Waals surface area contributed by atoms with Gasteiger partial charge in [-0.3, -0.25) is 9.78 Å². The molecule has 188 valence electrons. The van der Waals surface area contributed by atoms with Crippen LogP contribution in [0, 0.1) is 11.8 Å². The number of aromatic nitrogens is 1. The summed E-state index contributed by atoms with van der Waals surface area (Å²) in [5.41, 5.74) is 1.41. The van der Waals surface area contributed by atoms with Crippen LogP contribution in [0.5, 0.6) is 5.75 Å². The molecule has 0 bridgehead atoms. The summed E-state index contributed by atoms with van der Waals surface area (Å²) in [7, 11) is 1.60. The van der Waals surface area contributed by atoms with Gasteiger partial charge in [0.1, 0.15) is 5.75 Å². The van der Waals surface area contributed by atoms with Gasteiger partial charge in [0.05, 0.1) is 23.8 Å². The quantitative estimate of drug-likeness (QED) is 0.293. The van der Waals surface area contributed by atoms with E-state index in [-0.39, 0.29) is 18.3 Å². The smallest absolute Gasteiger partial charge is 0.303 e. The molecule has 6 nitrogen and oxygen atoms in total. The first-order chi connectivity index (χ1) is 16.9. The molecule has 4 rings (SSSR count). The second kappa shape index (κ2) is 12.4. The minimum Gasteiger partial charge on any atom is -0.497 e. The SMILES string of the molecule is COc1ccc2ncc(Cl)c(C(O)CCC3CCN(CCSc4ccsc4)CC3CC(=O)O)c2c1. The predicted molar refractivity (Wildman–Crippen MR) is 143 cm³/mol. The topological polar surface area (TPSA) is 82.9 Å². The number of methoxy groups -OCH3 is 1. The second-order valence-corrected chi connectivity index (χ2v) is 11.4. The first kappa shape index (κ1) is 26.2. The Morgan fingerprint density at radius 1 is 1.37 bits per heavy atom. The number of carboxylic acid groups (broad SMARTS) is 1. The maximum atomic E-state index is 11.6. The lowest BCUT2D eigenvalue weighted by molar-refractivity contribution is -0.139. The number of pyridine rings is 1. The van der Waals surface area contributed by atoms with Crippen molar-refractivity contribution in [3.63, 3.8) is 0 Å². The molecule has 3 aromatic rings. The number of rotatable bonds is 11. The molecule has 1 aliphatic heterocycles. The number of hydrogen-bond acceptors (Lipinski definition) is 7. The van der Waals surface area contributed by atoms with Gasteiger partial charge in [-0.1, -0.05) is 11.6 Å². The number of piperidine rings is 1. The number of aliphatic hydroxyl groups excluding tert-OH is 1. The fourth-order valence-corrected chi connectivity index (χ4v) is 7.04. The van der Waals surface area contributed by atoms with Crippen molar-refractivity contribution in [3.8, 4) is 5.75 Å². The zero-order valence-electron chi connectivity index (χ0n) is 19.7. The van der Waals surface area contributed by atoms with Crippen LogP contribution in [0.1, 0.15) is 37.4 Å². The Balaban J connectivity index is 1.39. The van der Waals surface area contributed by atoms with E-state index in [4.69, 9.17) is 16.3 Å². The van der Waals surface area contributed by atoms with E-state index >= 15 is 0 Å². The number of hydrogen-bond donors (Lipinski definition) is 2. The molecule has 1 aliphatic rings. The molecule has 0 spiro atoms. The minimum atomic E-state index is -0.759. The van der Waals surface area contributed by atoms with E-state index in [0.717, 1.165) is 49.1 Å². The Morgan fingerprint density at radius 3 is 2.97 bits per heavy atom. The average Bonchev–Trinajstić information content (AvgIpc) is 3.36. The summed E-state index contributed by atoms with van der Waals surface area (Å²) < 4.78 is 5.35. The summed E-state index contributed by atoms with van der Waals surface area (Å²) in [6, 6.07) is 7.68. The number of nitrogens with zero attached hydrogens (tertiary/aromatic N) is 2. The third-order valence-electron chi connectivity index (χ3n) is 6.80. The van der Waals surface area contributed by atoms with Crippen molar-refractivity contribution in [1.82, 2.24) is 9.88 Å². The molecule has 0 saturated carbocycles. The number of halogens is 1. The molecule has 2 N–H and O–H groups in total. The molecule has 1 aromatic carbocycles. The second-order valence-electron chi connectivity index (χ2n) is 9.01. The highest BCUT2D eigenvalue weighted by Crippen LogP contribution is 2.37. The summed E-state index contributed by atoms with van der Waals surface area (Å²) in [5.74, 6) is 1.25. The number of carboxylic acids is 1. The fraction of sp³-hybridized carbons (Fsp3) is 0.462. The number of aliphatic hydroxyl groups is 1. The van der Waals surface area contributed by atoms with E-state index < -0.39 is 12.1 Å². The number of aliphatic carboxylic acids is 1. The molecule has 9 heteroatoms. The average molecular weight is 535 g/mol. The van der Waals surface area contributed by atoms with Crippen molar-refractivity contribution in [2.24, 2.45) is 11.8 Å². The van der Waals surface area contributed by atoms with Crippen LogP contribution < -0.4 is 4.74 Å². The highest BCUT2D eigenvalue weighted by atomic mass is 35.5. The van der Waals surface area contributed by atoms with Crippen molar-refractivity contribution in [3.05, 3.63) is 51.8 Å². The summed E-state index contributed by atoms with van der Waals surface area (Å²) in [6.45, 7) is 2.69. The number of likely N-dealkylation sites (tertiary alicyclic amines) is 1. The largest absolute Gasteiger partial charge is 0.497 e. The summed E-state index contributed by atoms with van der Waals surface area (Å²) in [5, 5.41) is 26.1. The van der Waals surface area contributed by atoms with Crippen LogP contribution in [0.15, 0.2) is 46.1 Å². The molecule has 0 radical (unpaired) electrons. The summed E-state index contributed by atoms with van der Waals surface area (Å²) >= 11 is 10.0. The molecule has 1 saturated heterocycles. The van der Waals surface area contributed by atoms with E-state index in [0.29, 0.717) is 22.8 Å². The molecule has 3 unspecified atom stereocenters. The van der Waals surface area contributed by atoms with Crippen molar-refractivity contribution < 1.29 is 19.7 Å². The Kier molecular flexibility index (Phi) is 9.30. The Labute approximate surface area is 219 Å². The van der Waals surface area contributed by atoms with Gasteiger partial charge in [-0.25, -0.2) is 0 Å². The van der Waals surface area contributed by atoms with Gasteiger partial charge in [0.15, 0.2) is 0 Å². The zero-order valence-corrected chi connectivity index (χ0v) is 22.1. The Morgan fingerprint density at radius 2 is 2.23 bits per heavy atom. The van der Waals surface area contributed by atoms with Gasteiger partial charge < -0.3 is 19.8 Å². The molecule has 2 aromatic heterocycles. The third-order valence-corrected chi connectivity index (χ3v) is 8.90. The van der Waals surface area contributed by atoms with E-state index in [2.05, 4.69) is 26.7 Å². The van der Waals surface area contributed by atoms with Gasteiger partial charge in [0, 0.05) is 52.7 Å². The van der Waals surface area contributed by atoms with Gasteiger partial charge in [-0.15, -0.1) is 11.8 Å². The minimum absolute atomic E-state index is 0.0735. The lowest BCUT2D eigenvalue weighted by Gasteiger charge is -2.38. The fourth-order valence-electron chi connectivity index (χ4n) is 4.97. The number of thioether (sulfide) groups is 1. The van der Waals surface area contributed by atoms with Crippen molar-refractivity contribution in [1.29, 1.82) is 0 Å². The molecular formula is C26H31ClN2O4S2. The maximum Gasteiger partial charge on any atom is 0.303 e. The van der Waals surface area contributed by atoms with Crippen LogP contribution in [0.4, 0.5) is 0 Å². The van der Waals surface area contributed by atoms with Crippen LogP contribution in [-0.4, -0.2) is 58.6 Å². The van der Waals surface area contributed by atoms with Gasteiger partial charge in [-0.05, 0) is 67.3 Å². The van der Waals surface area contributed by atoms with E-state index in [1.165, 1.54) is 4.90 Å². The Bertz CT molecular complexity index is 1130. The predicted octanol–water partition coefficient (Wildman–Crippen LogP) is 5.98. The third kappa shape index (κ3) is 6.89. The van der Waals surface area contributed by atoms with Crippen LogP contribution in [0.3, 0.4) is 0 Å². The number of ether oxygens (including phenoxy) is 1. The lowest BCUT2D eigenvalue weighted by Crippen LogP contribution is -2.42. The molecule has 0 aliphatic carbocycles. The van der Waals surface area contributed by atoms with Crippen LogP contribution >= 0.6 is 34.7 Å². The first-order valence-corrected chi connectivity index (χ1v) is 14.1. The first-order valence-electron chi connectivity index (χ1n) is 11.8. The summed E-state index contributed by atoms with van der Waals surface area (Å²) in [4.78, 5) is 19.6. The molecule has 3 heterocycles. The van der Waals surface area contributed by atoms with Crippen LogP contribution in [0.25, 0.3) is 10.9 Å². The lowest BCUT2D eigenvalue weighted by atomic mass is 9.79. The van der Waals surface area contributed by atoms with Crippen molar-refractivity contribution in [2.45, 2.75) is 36.7 Å². The number of carbonyl (C=O) groups is 1. The van der Waals surface area contributed by atoms with Gasteiger partial charge in [-0.2, -0.15) is 11.3 Å². The number of thiophene rings is 1. The monoisotopic (exact) mass is 534 g/mol. The normalized spacial score (nSPS) is 19.6. The highest BCUT2D eigenvalue weighted by Gasteiger charge is 2.31. The van der Waals surface area contributed by atoms with Crippen LogP contribution in [0.2, 0.25) is 5.02 Å². The van der Waals surface area contributed by atoms with E-state index in [1.807, 2.05) is 30.0 Å². The number of benzene rings is 1. The van der Waals surface area contributed by atoms with E-state index in [1.54, 1.807) is 24.6 Å². The van der Waals surface area contributed by atoms with E-state index in [9.17, 15) is 15.0 Å². The number of fused-ring (bicyclic) bond motifs is 1. The zero-order chi connectivity index (χ0) is 24.8. The highest BCUT2D eigenvalue weighted by molar-refractivity contribution is 7.99. The molecule has 3 atom stereocenters. The van der Waals surface area contributed by atoms with Crippen molar-refractivity contribution >= 4 is 51.6 Å². The Hall–Kier alpha value is -1.84. The molecule has 1 fully saturated rings. The maximum absolute atomic E-state index is 11.6.